The Balaban J connectivity index is 1.47. The third-order valence-corrected chi connectivity index (χ3v) is 6.76. The average molecular weight is 398 g/mol. The number of nitrogens with zero attached hydrogens (tertiary/aromatic N) is 1. The first-order valence-electron chi connectivity index (χ1n) is 10.7. The molecule has 0 aliphatic carbocycles. The van der Waals surface area contributed by atoms with E-state index in [4.69, 9.17) is 5.73 Å². The van der Waals surface area contributed by atoms with E-state index in [0.717, 1.165) is 49.4 Å². The van der Waals surface area contributed by atoms with Crippen LogP contribution in [-0.4, -0.2) is 23.9 Å². The van der Waals surface area contributed by atoms with E-state index in [-0.39, 0.29) is 11.8 Å². The summed E-state index contributed by atoms with van der Waals surface area (Å²) in [5.41, 5.74) is 10.7. The van der Waals surface area contributed by atoms with Crippen molar-refractivity contribution in [2.24, 2.45) is 5.92 Å². The Morgan fingerprint density at radius 3 is 2.63 bits per heavy atom. The molecule has 0 bridgehead atoms. The second kappa shape index (κ2) is 7.62. The van der Waals surface area contributed by atoms with Gasteiger partial charge in [0.15, 0.2) is 0 Å². The van der Waals surface area contributed by atoms with Gasteiger partial charge in [0.1, 0.15) is 0 Å². The summed E-state index contributed by atoms with van der Waals surface area (Å²) in [6.45, 7) is 2.76. The number of hydrogen-bond donors (Lipinski definition) is 2. The Kier molecular flexibility index (Phi) is 4.80. The Morgan fingerprint density at radius 1 is 1.00 bits per heavy atom. The third kappa shape index (κ3) is 3.27. The molecule has 0 radical (unpaired) electrons. The van der Waals surface area contributed by atoms with Gasteiger partial charge in [0.2, 0.25) is 5.91 Å². The molecule has 4 nitrogen and oxygen atoms in total. The monoisotopic (exact) mass is 397 g/mol. The van der Waals surface area contributed by atoms with Gasteiger partial charge in [-0.05, 0) is 60.2 Å². The highest BCUT2D eigenvalue weighted by molar-refractivity contribution is 6.02. The summed E-state index contributed by atoms with van der Waals surface area (Å²) in [6.07, 6.45) is 1.75. The molecule has 3 N–H and O–H groups in total. The maximum atomic E-state index is 13.6. The van der Waals surface area contributed by atoms with Gasteiger partial charge < -0.3 is 11.1 Å². The van der Waals surface area contributed by atoms with Crippen molar-refractivity contribution in [1.82, 2.24) is 4.90 Å². The van der Waals surface area contributed by atoms with Crippen LogP contribution in [0.1, 0.15) is 23.1 Å². The van der Waals surface area contributed by atoms with E-state index in [0.29, 0.717) is 0 Å². The number of nitrogens with two attached hydrogens (primary N) is 1. The minimum Gasteiger partial charge on any atom is -0.399 e. The van der Waals surface area contributed by atoms with Crippen molar-refractivity contribution in [3.8, 4) is 0 Å². The molecule has 2 aliphatic rings. The fourth-order valence-electron chi connectivity index (χ4n) is 5.27. The van der Waals surface area contributed by atoms with Crippen molar-refractivity contribution in [1.29, 1.82) is 0 Å². The van der Waals surface area contributed by atoms with Gasteiger partial charge in [-0.1, -0.05) is 60.7 Å². The Hall–Kier alpha value is -3.11. The smallest absolute Gasteiger partial charge is 0.235 e. The molecular formula is C26H27N3O. The van der Waals surface area contributed by atoms with E-state index in [1.165, 1.54) is 11.1 Å². The Bertz CT molecular complexity index is 1060. The number of rotatable bonds is 4. The van der Waals surface area contributed by atoms with Crippen molar-refractivity contribution in [2.75, 3.05) is 24.1 Å². The van der Waals surface area contributed by atoms with E-state index in [1.54, 1.807) is 0 Å². The van der Waals surface area contributed by atoms with Crippen LogP contribution < -0.4 is 11.1 Å². The lowest BCUT2D eigenvalue weighted by atomic mass is 9.64. The van der Waals surface area contributed by atoms with Crippen molar-refractivity contribution in [3.63, 3.8) is 0 Å². The third-order valence-electron chi connectivity index (χ3n) is 6.76. The number of nitrogen functional groups attached to an aromatic ring is 1. The van der Waals surface area contributed by atoms with Gasteiger partial charge in [-0.2, -0.15) is 0 Å². The van der Waals surface area contributed by atoms with E-state index in [9.17, 15) is 4.79 Å². The zero-order valence-corrected chi connectivity index (χ0v) is 17.1. The van der Waals surface area contributed by atoms with Crippen LogP contribution in [0.3, 0.4) is 0 Å². The number of amides is 1. The van der Waals surface area contributed by atoms with Crippen LogP contribution in [0.2, 0.25) is 0 Å². The minimum atomic E-state index is -0.542. The predicted octanol–water partition coefficient (Wildman–Crippen LogP) is 4.22. The molecule has 30 heavy (non-hydrogen) atoms. The normalized spacial score (nSPS) is 23.7. The van der Waals surface area contributed by atoms with Crippen LogP contribution >= 0.6 is 0 Å². The number of fused-ring (bicyclic) bond motifs is 1. The molecule has 2 heterocycles. The van der Waals surface area contributed by atoms with Crippen LogP contribution in [-0.2, 0) is 23.2 Å². The maximum absolute atomic E-state index is 13.6. The number of para-hydroxylation sites is 1. The highest BCUT2D eigenvalue weighted by Crippen LogP contribution is 2.45. The first-order valence-corrected chi connectivity index (χ1v) is 10.7. The summed E-state index contributed by atoms with van der Waals surface area (Å²) in [7, 11) is 0. The van der Waals surface area contributed by atoms with E-state index in [1.807, 2.05) is 48.5 Å². The minimum absolute atomic E-state index is 0.128. The van der Waals surface area contributed by atoms with Crippen molar-refractivity contribution in [3.05, 3.63) is 95.6 Å². The van der Waals surface area contributed by atoms with Crippen LogP contribution in [0.15, 0.2) is 78.9 Å². The molecule has 0 aromatic heterocycles. The van der Waals surface area contributed by atoms with Crippen LogP contribution in [0, 0.1) is 5.92 Å². The molecule has 2 atom stereocenters. The largest absolute Gasteiger partial charge is 0.399 e. The quantitative estimate of drug-likeness (QED) is 0.648. The molecule has 5 rings (SSSR count). The molecule has 4 heteroatoms. The van der Waals surface area contributed by atoms with E-state index in [2.05, 4.69) is 40.5 Å². The van der Waals surface area contributed by atoms with Crippen molar-refractivity contribution < 1.29 is 4.79 Å². The zero-order valence-electron chi connectivity index (χ0n) is 17.1. The first-order chi connectivity index (χ1) is 14.6. The second-order valence-corrected chi connectivity index (χ2v) is 8.59. The fourth-order valence-corrected chi connectivity index (χ4v) is 5.27. The van der Waals surface area contributed by atoms with Gasteiger partial charge in [0, 0.05) is 24.5 Å². The Morgan fingerprint density at radius 2 is 1.80 bits per heavy atom. The summed E-state index contributed by atoms with van der Waals surface area (Å²) >= 11 is 0. The lowest BCUT2D eigenvalue weighted by Gasteiger charge is -2.42. The first kappa shape index (κ1) is 18.9. The summed E-state index contributed by atoms with van der Waals surface area (Å²) in [6, 6.07) is 26.6. The van der Waals surface area contributed by atoms with Gasteiger partial charge in [-0.15, -0.1) is 0 Å². The van der Waals surface area contributed by atoms with E-state index < -0.39 is 5.41 Å². The highest BCUT2D eigenvalue weighted by atomic mass is 16.2. The molecular weight excluding hydrogens is 370 g/mol. The zero-order chi connectivity index (χ0) is 20.6. The number of anilines is 2. The summed E-state index contributed by atoms with van der Waals surface area (Å²) in [5.74, 6) is 0.387. The number of hydrogen-bond acceptors (Lipinski definition) is 3. The summed E-state index contributed by atoms with van der Waals surface area (Å²) in [4.78, 5) is 16.1. The molecule has 1 fully saturated rings. The molecule has 1 unspecified atom stereocenters. The molecule has 2 aliphatic heterocycles. The molecule has 3 aromatic carbocycles. The average Bonchev–Trinajstić information content (AvgIpc) is 3.22. The number of carbonyl (C=O) groups excluding carboxylic acids is 1. The molecule has 152 valence electrons. The van der Waals surface area contributed by atoms with Gasteiger partial charge in [-0.25, -0.2) is 0 Å². The summed E-state index contributed by atoms with van der Waals surface area (Å²) < 4.78 is 0. The lowest BCUT2D eigenvalue weighted by Crippen LogP contribution is -2.51. The predicted molar refractivity (Wildman–Crippen MR) is 121 cm³/mol. The SMILES string of the molecule is Nc1cccc(CN2CC[C@@H](C3(c4ccccc4)Cc4ccccc4NC3=O)C2)c1. The fraction of sp³-hybridized carbons (Fsp3) is 0.269. The molecule has 0 spiro atoms. The van der Waals surface area contributed by atoms with Crippen LogP contribution in [0.25, 0.3) is 0 Å². The van der Waals surface area contributed by atoms with Crippen LogP contribution in [0.4, 0.5) is 11.4 Å². The summed E-state index contributed by atoms with van der Waals surface area (Å²) in [5, 5.41) is 3.22. The van der Waals surface area contributed by atoms with Gasteiger partial charge in [0.25, 0.3) is 0 Å². The van der Waals surface area contributed by atoms with Crippen LogP contribution in [0.5, 0.6) is 0 Å². The van der Waals surface area contributed by atoms with Gasteiger partial charge >= 0.3 is 0 Å². The maximum Gasteiger partial charge on any atom is 0.235 e. The van der Waals surface area contributed by atoms with Crippen molar-refractivity contribution >= 4 is 17.3 Å². The lowest BCUT2D eigenvalue weighted by molar-refractivity contribution is -0.124. The number of likely N-dealkylation sites (tertiary alicyclic amines) is 1. The number of carbonyl (C=O) groups is 1. The van der Waals surface area contributed by atoms with Crippen molar-refractivity contribution in [2.45, 2.75) is 24.8 Å². The molecule has 1 amide bonds. The molecule has 3 aromatic rings. The van der Waals surface area contributed by atoms with Gasteiger partial charge in [-0.3, -0.25) is 9.69 Å². The highest BCUT2D eigenvalue weighted by Gasteiger charge is 2.51. The topological polar surface area (TPSA) is 58.4 Å². The number of nitrogens with one attached hydrogen (secondary N) is 1. The van der Waals surface area contributed by atoms with E-state index >= 15 is 0 Å². The molecule has 0 saturated carbocycles. The Labute approximate surface area is 177 Å². The number of benzene rings is 3. The molecule has 1 saturated heterocycles. The second-order valence-electron chi connectivity index (χ2n) is 8.59. The van der Waals surface area contributed by atoms with Gasteiger partial charge in [0.05, 0.1) is 5.41 Å². The standard InChI is InChI=1S/C26H27N3O/c27-23-11-6-7-19(15-23)17-29-14-13-22(18-29)26(21-9-2-1-3-10-21)16-20-8-4-5-12-24(20)28-25(26)30/h1-12,15,22H,13-14,16-18,27H2,(H,28,30)/t22-,26?/m1/s1.